The van der Waals surface area contributed by atoms with Crippen LogP contribution in [0, 0.1) is 11.8 Å². The fourth-order valence-corrected chi connectivity index (χ4v) is 4.98. The quantitative estimate of drug-likeness (QED) is 0.720. The number of ether oxygens (including phenoxy) is 3. The lowest BCUT2D eigenvalue weighted by Crippen LogP contribution is -2.49. The predicted molar refractivity (Wildman–Crippen MR) is 99.5 cm³/mol. The molecule has 0 aliphatic carbocycles. The van der Waals surface area contributed by atoms with E-state index in [4.69, 9.17) is 14.2 Å². The summed E-state index contributed by atoms with van der Waals surface area (Å²) in [6.45, 7) is 3.21. The Kier molecular flexibility index (Phi) is 4.17. The summed E-state index contributed by atoms with van der Waals surface area (Å²) < 4.78 is 16.9. The van der Waals surface area contributed by atoms with Crippen LogP contribution < -0.4 is 4.74 Å². The summed E-state index contributed by atoms with van der Waals surface area (Å²) in [6.07, 6.45) is 3.65. The number of amides is 2. The average Bonchev–Trinajstić information content (AvgIpc) is 3.37. The minimum absolute atomic E-state index is 0.00118. The first-order valence-corrected chi connectivity index (χ1v) is 9.77. The van der Waals surface area contributed by atoms with E-state index in [0.29, 0.717) is 39.4 Å². The van der Waals surface area contributed by atoms with Crippen LogP contribution in [0.1, 0.15) is 5.56 Å². The van der Waals surface area contributed by atoms with Crippen LogP contribution in [0.15, 0.2) is 36.4 Å². The van der Waals surface area contributed by atoms with Crippen molar-refractivity contribution in [3.63, 3.8) is 0 Å². The second-order valence-electron chi connectivity index (χ2n) is 7.88. The Morgan fingerprint density at radius 2 is 2.14 bits per heavy atom. The van der Waals surface area contributed by atoms with Crippen molar-refractivity contribution in [2.24, 2.45) is 11.8 Å². The lowest BCUT2D eigenvalue weighted by atomic mass is 9.76. The van der Waals surface area contributed by atoms with Gasteiger partial charge in [-0.1, -0.05) is 24.3 Å². The van der Waals surface area contributed by atoms with Gasteiger partial charge in [0.2, 0.25) is 11.8 Å². The summed E-state index contributed by atoms with van der Waals surface area (Å²) in [5, 5.41) is 0. The summed E-state index contributed by atoms with van der Waals surface area (Å²) in [7, 11) is 1.63. The Bertz CT molecular complexity index is 834. The van der Waals surface area contributed by atoms with Gasteiger partial charge in [0.25, 0.3) is 0 Å². The van der Waals surface area contributed by atoms with Crippen molar-refractivity contribution in [1.29, 1.82) is 0 Å². The Balaban J connectivity index is 1.38. The SMILES string of the molecule is COc1cccc(CN2C[C@]34C=C[C@H](O3)C(C(=O)N3CCOCC3)C4C2=O)c1. The topological polar surface area (TPSA) is 68.3 Å². The second-order valence-corrected chi connectivity index (χ2v) is 7.88. The third-order valence-corrected chi connectivity index (χ3v) is 6.29. The minimum Gasteiger partial charge on any atom is -0.497 e. The molecule has 4 atom stereocenters. The summed E-state index contributed by atoms with van der Waals surface area (Å²) in [5.41, 5.74) is 0.325. The maximum absolute atomic E-state index is 13.3. The third-order valence-electron chi connectivity index (χ3n) is 6.29. The van der Waals surface area contributed by atoms with Crippen LogP contribution in [-0.4, -0.2) is 73.3 Å². The van der Waals surface area contributed by atoms with E-state index in [2.05, 4.69) is 0 Å². The molecule has 148 valence electrons. The molecule has 3 saturated heterocycles. The minimum atomic E-state index is -0.673. The van der Waals surface area contributed by atoms with Gasteiger partial charge in [0, 0.05) is 19.6 Å². The van der Waals surface area contributed by atoms with Crippen LogP contribution in [0.25, 0.3) is 0 Å². The number of hydrogen-bond donors (Lipinski definition) is 0. The van der Waals surface area contributed by atoms with E-state index in [1.807, 2.05) is 46.2 Å². The van der Waals surface area contributed by atoms with E-state index >= 15 is 0 Å². The maximum Gasteiger partial charge on any atom is 0.230 e. The van der Waals surface area contributed by atoms with Gasteiger partial charge in [0.15, 0.2) is 0 Å². The number of nitrogens with zero attached hydrogens (tertiary/aromatic N) is 2. The molecule has 2 amide bonds. The van der Waals surface area contributed by atoms with Crippen LogP contribution in [0.2, 0.25) is 0 Å². The van der Waals surface area contributed by atoms with Crippen molar-refractivity contribution in [1.82, 2.24) is 9.80 Å². The molecule has 0 saturated carbocycles. The zero-order valence-electron chi connectivity index (χ0n) is 15.9. The van der Waals surface area contributed by atoms with Crippen LogP contribution >= 0.6 is 0 Å². The molecule has 0 N–H and O–H groups in total. The Hall–Kier alpha value is -2.38. The van der Waals surface area contributed by atoms with E-state index in [1.165, 1.54) is 0 Å². The van der Waals surface area contributed by atoms with Gasteiger partial charge in [-0.25, -0.2) is 0 Å². The molecule has 0 radical (unpaired) electrons. The predicted octanol–water partition coefficient (Wildman–Crippen LogP) is 0.836. The van der Waals surface area contributed by atoms with E-state index in [1.54, 1.807) is 7.11 Å². The molecule has 5 rings (SSSR count). The molecule has 1 spiro atoms. The van der Waals surface area contributed by atoms with E-state index < -0.39 is 17.4 Å². The summed E-state index contributed by atoms with van der Waals surface area (Å²) in [5.74, 6) is -0.100. The van der Waals surface area contributed by atoms with E-state index in [-0.39, 0.29) is 17.9 Å². The molecular weight excluding hydrogens is 360 g/mol. The molecule has 4 aliphatic rings. The second kappa shape index (κ2) is 6.60. The first-order chi connectivity index (χ1) is 13.6. The number of carbonyl (C=O) groups is 2. The standard InChI is InChI=1S/C21H24N2O5/c1-26-15-4-2-3-14(11-15)12-23-13-21-6-5-16(28-21)17(18(21)20(23)25)19(24)22-7-9-27-10-8-22/h2-6,11,16-18H,7-10,12-13H2,1H3/t16-,17?,18?,21-/m0/s1. The number of likely N-dealkylation sites (tertiary alicyclic amines) is 1. The van der Waals surface area contributed by atoms with Crippen LogP contribution in [0.4, 0.5) is 0 Å². The number of rotatable bonds is 4. The van der Waals surface area contributed by atoms with Crippen LogP contribution in [0.3, 0.4) is 0 Å². The summed E-state index contributed by atoms with van der Waals surface area (Å²) in [4.78, 5) is 30.1. The lowest BCUT2D eigenvalue weighted by molar-refractivity contribution is -0.146. The van der Waals surface area contributed by atoms with E-state index in [9.17, 15) is 9.59 Å². The van der Waals surface area contributed by atoms with Crippen molar-refractivity contribution in [2.75, 3.05) is 40.0 Å². The molecule has 1 aromatic rings. The maximum atomic E-state index is 13.3. The van der Waals surface area contributed by atoms with Gasteiger partial charge in [-0.05, 0) is 17.7 Å². The Morgan fingerprint density at radius 1 is 1.32 bits per heavy atom. The smallest absolute Gasteiger partial charge is 0.230 e. The third kappa shape index (κ3) is 2.64. The number of carbonyl (C=O) groups excluding carboxylic acids is 2. The number of fused-ring (bicyclic) bond motifs is 1. The van der Waals surface area contributed by atoms with Gasteiger partial charge in [-0.2, -0.15) is 0 Å². The van der Waals surface area contributed by atoms with Gasteiger partial charge in [0.1, 0.15) is 11.4 Å². The van der Waals surface area contributed by atoms with Crippen molar-refractivity contribution >= 4 is 11.8 Å². The summed E-state index contributed by atoms with van der Waals surface area (Å²) in [6, 6.07) is 7.71. The Morgan fingerprint density at radius 3 is 2.93 bits per heavy atom. The highest BCUT2D eigenvalue weighted by Crippen LogP contribution is 2.52. The molecule has 4 heterocycles. The molecule has 2 bridgehead atoms. The number of methoxy groups -OCH3 is 1. The van der Waals surface area contributed by atoms with Crippen LogP contribution in [-0.2, 0) is 25.6 Å². The fourth-order valence-electron chi connectivity index (χ4n) is 4.98. The summed E-state index contributed by atoms with van der Waals surface area (Å²) >= 11 is 0. The van der Waals surface area contributed by atoms with Crippen molar-refractivity contribution in [3.05, 3.63) is 42.0 Å². The molecule has 3 fully saturated rings. The average molecular weight is 384 g/mol. The van der Waals surface area contributed by atoms with E-state index in [0.717, 1.165) is 11.3 Å². The van der Waals surface area contributed by atoms with Gasteiger partial charge in [-0.15, -0.1) is 0 Å². The number of hydrogen-bond acceptors (Lipinski definition) is 5. The highest BCUT2D eigenvalue weighted by Gasteiger charge is 2.67. The van der Waals surface area contributed by atoms with Crippen molar-refractivity contribution in [2.45, 2.75) is 18.2 Å². The normalized spacial score (nSPS) is 33.5. The molecule has 0 aromatic heterocycles. The highest BCUT2D eigenvalue weighted by atomic mass is 16.5. The highest BCUT2D eigenvalue weighted by molar-refractivity contribution is 5.93. The van der Waals surface area contributed by atoms with Gasteiger partial charge in [0.05, 0.1) is 44.8 Å². The number of morpholine rings is 1. The fraction of sp³-hybridized carbons (Fsp3) is 0.524. The number of benzene rings is 1. The lowest BCUT2D eigenvalue weighted by Gasteiger charge is -2.32. The zero-order chi connectivity index (χ0) is 19.3. The zero-order valence-corrected chi connectivity index (χ0v) is 15.9. The molecule has 2 unspecified atom stereocenters. The molecule has 28 heavy (non-hydrogen) atoms. The van der Waals surface area contributed by atoms with Crippen molar-refractivity contribution in [3.8, 4) is 5.75 Å². The molecule has 7 nitrogen and oxygen atoms in total. The first kappa shape index (κ1) is 17.7. The molecule has 4 aliphatic heterocycles. The van der Waals surface area contributed by atoms with Gasteiger partial charge < -0.3 is 24.0 Å². The largest absolute Gasteiger partial charge is 0.497 e. The Labute approximate surface area is 163 Å². The molecule has 1 aromatic carbocycles. The van der Waals surface area contributed by atoms with Crippen LogP contribution in [0.5, 0.6) is 5.75 Å². The van der Waals surface area contributed by atoms with Crippen molar-refractivity contribution < 1.29 is 23.8 Å². The first-order valence-electron chi connectivity index (χ1n) is 9.77. The van der Waals surface area contributed by atoms with Gasteiger partial charge in [-0.3, -0.25) is 9.59 Å². The molecule has 7 heteroatoms. The molecular formula is C21H24N2O5. The van der Waals surface area contributed by atoms with Gasteiger partial charge >= 0.3 is 0 Å². The monoisotopic (exact) mass is 384 g/mol.